The molecule has 0 heterocycles. The fourth-order valence-corrected chi connectivity index (χ4v) is 2.06. The van der Waals surface area contributed by atoms with Gasteiger partial charge in [0, 0.05) is 12.1 Å². The van der Waals surface area contributed by atoms with Gasteiger partial charge in [-0.2, -0.15) is 0 Å². The van der Waals surface area contributed by atoms with Crippen LogP contribution in [0.5, 0.6) is 11.5 Å². The monoisotopic (exact) mass is 298 g/mol. The second-order valence-corrected chi connectivity index (χ2v) is 5.22. The molecule has 0 aromatic heterocycles. The number of hydrogen-bond donors (Lipinski definition) is 2. The molecule has 1 aromatic carbocycles. The molecule has 1 saturated carbocycles. The van der Waals surface area contributed by atoms with E-state index in [9.17, 15) is 4.79 Å². The average molecular weight is 299 g/mol. The number of amides is 1. The van der Waals surface area contributed by atoms with Crippen LogP contribution < -0.4 is 20.1 Å². The van der Waals surface area contributed by atoms with E-state index >= 15 is 0 Å². The van der Waals surface area contributed by atoms with Gasteiger partial charge in [-0.15, -0.1) is 0 Å². The number of methoxy groups -OCH3 is 2. The minimum atomic E-state index is -0.125. The maximum Gasteiger partial charge on any atom is 0.238 e. The van der Waals surface area contributed by atoms with Gasteiger partial charge in [0.1, 0.15) is 0 Å². The highest BCUT2D eigenvalue weighted by Gasteiger charge is 2.20. The van der Waals surface area contributed by atoms with Crippen LogP contribution in [0, 0.1) is 5.92 Å². The molecule has 0 atom stereocenters. The van der Waals surface area contributed by atoms with Crippen molar-refractivity contribution in [2.75, 3.05) is 32.6 Å². The lowest BCUT2D eigenvalue weighted by Crippen LogP contribution is -2.29. The highest BCUT2D eigenvalue weighted by molar-refractivity contribution is 6.34. The predicted molar refractivity (Wildman–Crippen MR) is 78.8 cm³/mol. The molecule has 1 fully saturated rings. The third-order valence-electron chi connectivity index (χ3n) is 3.16. The Morgan fingerprint density at radius 3 is 2.55 bits per heavy atom. The van der Waals surface area contributed by atoms with Crippen LogP contribution in [0.15, 0.2) is 12.1 Å². The summed E-state index contributed by atoms with van der Waals surface area (Å²) in [5, 5.41) is 6.30. The first-order chi connectivity index (χ1) is 9.63. The van der Waals surface area contributed by atoms with Crippen molar-refractivity contribution < 1.29 is 14.3 Å². The van der Waals surface area contributed by atoms with Crippen LogP contribution >= 0.6 is 11.6 Å². The lowest BCUT2D eigenvalue weighted by Gasteiger charge is -2.12. The first-order valence-electron chi connectivity index (χ1n) is 6.56. The van der Waals surface area contributed by atoms with E-state index in [2.05, 4.69) is 10.6 Å². The zero-order valence-corrected chi connectivity index (χ0v) is 12.4. The van der Waals surface area contributed by atoms with E-state index in [1.165, 1.54) is 27.1 Å². The van der Waals surface area contributed by atoms with E-state index < -0.39 is 0 Å². The van der Waals surface area contributed by atoms with Crippen molar-refractivity contribution in [1.29, 1.82) is 0 Å². The van der Waals surface area contributed by atoms with E-state index in [1.807, 2.05) is 0 Å². The van der Waals surface area contributed by atoms with Crippen molar-refractivity contribution in [3.63, 3.8) is 0 Å². The Bertz CT molecular complexity index is 490. The molecule has 0 spiro atoms. The topological polar surface area (TPSA) is 59.6 Å². The molecule has 1 aromatic rings. The van der Waals surface area contributed by atoms with Gasteiger partial charge in [-0.25, -0.2) is 0 Å². The summed E-state index contributed by atoms with van der Waals surface area (Å²) in [7, 11) is 3.07. The Hall–Kier alpha value is -1.46. The third-order valence-corrected chi connectivity index (χ3v) is 3.48. The van der Waals surface area contributed by atoms with Crippen molar-refractivity contribution in [3.05, 3.63) is 17.2 Å². The second-order valence-electron chi connectivity index (χ2n) is 4.81. The predicted octanol–water partition coefficient (Wildman–Crippen LogP) is 2.30. The summed E-state index contributed by atoms with van der Waals surface area (Å²) in [6.07, 6.45) is 2.52. The maximum absolute atomic E-state index is 11.8. The van der Waals surface area contributed by atoms with E-state index in [4.69, 9.17) is 21.1 Å². The van der Waals surface area contributed by atoms with Crippen molar-refractivity contribution in [2.45, 2.75) is 12.8 Å². The molecule has 1 aliphatic rings. The van der Waals surface area contributed by atoms with Crippen LogP contribution in [-0.2, 0) is 4.79 Å². The number of nitrogens with one attached hydrogen (secondary N) is 2. The zero-order valence-electron chi connectivity index (χ0n) is 11.7. The van der Waals surface area contributed by atoms with Gasteiger partial charge >= 0.3 is 0 Å². The SMILES string of the molecule is COc1cc(Cl)c(NC(=O)CNCC2CC2)cc1OC. The van der Waals surface area contributed by atoms with Crippen molar-refractivity contribution in [3.8, 4) is 11.5 Å². The Balaban J connectivity index is 1.94. The van der Waals surface area contributed by atoms with Crippen LogP contribution in [0.4, 0.5) is 5.69 Å². The normalized spacial score (nSPS) is 13.9. The van der Waals surface area contributed by atoms with Crippen LogP contribution in [0.3, 0.4) is 0 Å². The fourth-order valence-electron chi connectivity index (χ4n) is 1.86. The van der Waals surface area contributed by atoms with Gasteiger partial charge in [-0.1, -0.05) is 11.6 Å². The number of rotatable bonds is 7. The smallest absolute Gasteiger partial charge is 0.238 e. The Labute approximate surface area is 123 Å². The molecule has 2 rings (SSSR count). The lowest BCUT2D eigenvalue weighted by molar-refractivity contribution is -0.115. The van der Waals surface area contributed by atoms with Gasteiger partial charge < -0.3 is 20.1 Å². The van der Waals surface area contributed by atoms with Gasteiger partial charge in [0.15, 0.2) is 11.5 Å². The molecule has 5 nitrogen and oxygen atoms in total. The van der Waals surface area contributed by atoms with Gasteiger partial charge in [0.25, 0.3) is 0 Å². The van der Waals surface area contributed by atoms with Crippen LogP contribution in [0.25, 0.3) is 0 Å². The van der Waals surface area contributed by atoms with Gasteiger partial charge in [-0.3, -0.25) is 4.79 Å². The molecule has 20 heavy (non-hydrogen) atoms. The number of ether oxygens (including phenoxy) is 2. The molecule has 1 amide bonds. The second kappa shape index (κ2) is 6.81. The summed E-state index contributed by atoms with van der Waals surface area (Å²) in [5.74, 6) is 1.67. The van der Waals surface area contributed by atoms with Crippen molar-refractivity contribution in [1.82, 2.24) is 5.32 Å². The molecule has 0 aliphatic heterocycles. The highest BCUT2D eigenvalue weighted by Crippen LogP contribution is 2.35. The molecule has 110 valence electrons. The fraction of sp³-hybridized carbons (Fsp3) is 0.500. The number of hydrogen-bond acceptors (Lipinski definition) is 4. The van der Waals surface area contributed by atoms with Crippen LogP contribution in [-0.4, -0.2) is 33.2 Å². The Morgan fingerprint density at radius 1 is 1.30 bits per heavy atom. The summed E-state index contributed by atoms with van der Waals surface area (Å²) >= 11 is 6.10. The number of anilines is 1. The van der Waals surface area contributed by atoms with Crippen molar-refractivity contribution in [2.24, 2.45) is 5.92 Å². The molecule has 0 saturated heterocycles. The molecule has 0 radical (unpaired) electrons. The standard InChI is InChI=1S/C14H19ClN2O3/c1-19-12-5-10(15)11(6-13(12)20-2)17-14(18)8-16-7-9-3-4-9/h5-6,9,16H,3-4,7-8H2,1-2H3,(H,17,18). The van der Waals surface area contributed by atoms with Crippen LogP contribution in [0.1, 0.15) is 12.8 Å². The Morgan fingerprint density at radius 2 is 1.95 bits per heavy atom. The molecule has 1 aliphatic carbocycles. The van der Waals surface area contributed by atoms with Gasteiger partial charge in [0.2, 0.25) is 5.91 Å². The molecular weight excluding hydrogens is 280 g/mol. The summed E-state index contributed by atoms with van der Waals surface area (Å²) in [6, 6.07) is 3.27. The van der Waals surface area contributed by atoms with E-state index in [0.717, 1.165) is 12.5 Å². The summed E-state index contributed by atoms with van der Waals surface area (Å²) in [6.45, 7) is 1.17. The minimum Gasteiger partial charge on any atom is -0.493 e. The van der Waals surface area contributed by atoms with Gasteiger partial charge in [0.05, 0.1) is 31.5 Å². The lowest BCUT2D eigenvalue weighted by atomic mass is 10.2. The summed E-state index contributed by atoms with van der Waals surface area (Å²) in [4.78, 5) is 11.8. The first kappa shape index (κ1) is 14.9. The quantitative estimate of drug-likeness (QED) is 0.811. The van der Waals surface area contributed by atoms with Gasteiger partial charge in [-0.05, 0) is 25.3 Å². The molecular formula is C14H19ClN2O3. The largest absolute Gasteiger partial charge is 0.493 e. The minimum absolute atomic E-state index is 0.125. The Kier molecular flexibility index (Phi) is 5.09. The third kappa shape index (κ3) is 4.02. The molecule has 0 unspecified atom stereocenters. The summed E-state index contributed by atoms with van der Waals surface area (Å²) in [5.41, 5.74) is 0.516. The van der Waals surface area contributed by atoms with E-state index in [1.54, 1.807) is 12.1 Å². The molecule has 0 bridgehead atoms. The molecule has 2 N–H and O–H groups in total. The highest BCUT2D eigenvalue weighted by atomic mass is 35.5. The van der Waals surface area contributed by atoms with E-state index in [-0.39, 0.29) is 12.5 Å². The zero-order chi connectivity index (χ0) is 14.5. The average Bonchev–Trinajstić information content (AvgIpc) is 3.24. The number of carbonyl (C=O) groups excluding carboxylic acids is 1. The van der Waals surface area contributed by atoms with Crippen LogP contribution in [0.2, 0.25) is 5.02 Å². The summed E-state index contributed by atoms with van der Waals surface area (Å²) < 4.78 is 10.3. The number of halogens is 1. The number of benzene rings is 1. The first-order valence-corrected chi connectivity index (χ1v) is 6.94. The van der Waals surface area contributed by atoms with E-state index in [0.29, 0.717) is 22.2 Å². The van der Waals surface area contributed by atoms with Crippen molar-refractivity contribution >= 4 is 23.2 Å². The number of carbonyl (C=O) groups is 1. The molecule has 6 heteroatoms. The maximum atomic E-state index is 11.8.